The highest BCUT2D eigenvalue weighted by atomic mass is 19.2. The summed E-state index contributed by atoms with van der Waals surface area (Å²) in [4.78, 5) is 12.0. The molecule has 74 valence electrons. The molecule has 0 saturated heterocycles. The molecule has 2 nitrogen and oxygen atoms in total. The van der Waals surface area contributed by atoms with E-state index < -0.39 is 34.8 Å². The van der Waals surface area contributed by atoms with Gasteiger partial charge in [0.05, 0.1) is 0 Å². The summed E-state index contributed by atoms with van der Waals surface area (Å²) < 4.78 is 62.3. The van der Waals surface area contributed by atoms with Crippen LogP contribution in [-0.2, 0) is 4.79 Å². The van der Waals surface area contributed by atoms with Crippen molar-refractivity contribution in [3.05, 3.63) is 29.1 Å². The fraction of sp³-hybridized carbons (Fsp3) is 0. The zero-order chi connectivity index (χ0) is 10.9. The average molecular weight is 209 g/mol. The van der Waals surface area contributed by atoms with E-state index in [-0.39, 0.29) is 0 Å². The minimum absolute atomic E-state index is 0.679. The molecule has 0 spiro atoms. The summed E-state index contributed by atoms with van der Waals surface area (Å²) in [5, 5.41) is 0. The molecule has 0 aliphatic heterocycles. The first-order chi connectivity index (χ1) is 6.50. The Morgan fingerprint density at radius 3 is 1.50 bits per heavy atom. The van der Waals surface area contributed by atoms with Crippen molar-refractivity contribution in [2.24, 2.45) is 4.99 Å². The second-order valence-corrected chi connectivity index (χ2v) is 2.12. The van der Waals surface area contributed by atoms with Crippen LogP contribution in [0.15, 0.2) is 4.99 Å². The van der Waals surface area contributed by atoms with Gasteiger partial charge in [0, 0.05) is 0 Å². The molecule has 0 amide bonds. The smallest absolute Gasteiger partial charge is 0.211 e. The van der Waals surface area contributed by atoms with Crippen LogP contribution in [-0.4, -0.2) is 6.08 Å². The van der Waals surface area contributed by atoms with Gasteiger partial charge < -0.3 is 0 Å². The predicted octanol–water partition coefficient (Wildman–Crippen LogP) is 2.35. The Bertz CT molecular complexity index is 409. The maximum Gasteiger partial charge on any atom is 0.240 e. The lowest BCUT2D eigenvalue weighted by molar-refractivity contribution is 0.381. The summed E-state index contributed by atoms with van der Waals surface area (Å²) in [6, 6.07) is 0. The molecule has 1 rings (SSSR count). The molecule has 0 fully saturated rings. The first-order valence-corrected chi connectivity index (χ1v) is 3.10. The third-order valence-corrected chi connectivity index (χ3v) is 1.34. The first-order valence-electron chi connectivity index (χ1n) is 3.10. The normalized spacial score (nSPS) is 9.79. The van der Waals surface area contributed by atoms with E-state index in [1.54, 1.807) is 0 Å². The molecule has 1 aromatic carbocycles. The Hall–Kier alpha value is -1.75. The molecule has 1 aromatic rings. The molecule has 0 aliphatic rings. The van der Waals surface area contributed by atoms with E-state index in [9.17, 15) is 26.7 Å². The molecule has 0 saturated carbocycles. The summed E-state index contributed by atoms with van der Waals surface area (Å²) in [5.41, 5.74) is -1.55. The van der Waals surface area contributed by atoms with Crippen molar-refractivity contribution >= 4 is 11.8 Å². The minimum Gasteiger partial charge on any atom is -0.211 e. The SMILES string of the molecule is O=C=Nc1c(F)c(F)c(F)c(F)c1F. The zero-order valence-electron chi connectivity index (χ0n) is 6.25. The number of nitrogens with zero attached hydrogens (tertiary/aromatic N) is 1. The van der Waals surface area contributed by atoms with E-state index in [2.05, 4.69) is 4.99 Å². The van der Waals surface area contributed by atoms with Crippen LogP contribution in [0.3, 0.4) is 0 Å². The van der Waals surface area contributed by atoms with Crippen LogP contribution in [0.5, 0.6) is 0 Å². The fourth-order valence-corrected chi connectivity index (χ4v) is 0.737. The second-order valence-electron chi connectivity index (χ2n) is 2.12. The predicted molar refractivity (Wildman–Crippen MR) is 34.0 cm³/mol. The molecule has 0 aliphatic carbocycles. The Balaban J connectivity index is 3.67. The topological polar surface area (TPSA) is 29.4 Å². The van der Waals surface area contributed by atoms with E-state index in [0.717, 1.165) is 0 Å². The van der Waals surface area contributed by atoms with Crippen molar-refractivity contribution in [2.75, 3.05) is 0 Å². The van der Waals surface area contributed by atoms with E-state index in [4.69, 9.17) is 0 Å². The van der Waals surface area contributed by atoms with Gasteiger partial charge in [-0.15, -0.1) is 0 Å². The maximum absolute atomic E-state index is 12.6. The third kappa shape index (κ3) is 1.38. The highest BCUT2D eigenvalue weighted by Crippen LogP contribution is 2.28. The molecule has 0 unspecified atom stereocenters. The van der Waals surface area contributed by atoms with E-state index in [1.807, 2.05) is 0 Å². The molecule has 0 bridgehead atoms. The molecular formula is C7F5NO. The second kappa shape index (κ2) is 3.55. The Morgan fingerprint density at radius 2 is 1.14 bits per heavy atom. The number of halogens is 5. The number of hydrogen-bond acceptors (Lipinski definition) is 2. The number of isocyanates is 1. The van der Waals surface area contributed by atoms with Crippen molar-refractivity contribution < 1.29 is 26.7 Å². The van der Waals surface area contributed by atoms with E-state index in [0.29, 0.717) is 6.08 Å². The number of rotatable bonds is 1. The van der Waals surface area contributed by atoms with E-state index >= 15 is 0 Å². The van der Waals surface area contributed by atoms with Crippen molar-refractivity contribution in [3.63, 3.8) is 0 Å². The summed E-state index contributed by atoms with van der Waals surface area (Å²) in [6.45, 7) is 0. The van der Waals surface area contributed by atoms with E-state index in [1.165, 1.54) is 0 Å². The third-order valence-electron chi connectivity index (χ3n) is 1.34. The highest BCUT2D eigenvalue weighted by Gasteiger charge is 2.25. The standard InChI is InChI=1S/C7F5NO/c8-2-3(9)5(11)7(13-1-14)6(12)4(2)10. The Morgan fingerprint density at radius 1 is 0.786 bits per heavy atom. The Kier molecular flexibility index (Phi) is 2.62. The quantitative estimate of drug-likeness (QED) is 0.229. The average Bonchev–Trinajstić information content (AvgIpc) is 2.19. The number of hydrogen-bond donors (Lipinski definition) is 0. The van der Waals surface area contributed by atoms with Crippen LogP contribution in [0.1, 0.15) is 0 Å². The number of benzene rings is 1. The molecule has 0 radical (unpaired) electrons. The lowest BCUT2D eigenvalue weighted by Crippen LogP contribution is -2.00. The van der Waals surface area contributed by atoms with Gasteiger partial charge in [-0.05, 0) is 0 Å². The van der Waals surface area contributed by atoms with Gasteiger partial charge >= 0.3 is 0 Å². The Labute approximate surface area is 73.7 Å². The van der Waals surface area contributed by atoms with Crippen molar-refractivity contribution in [1.29, 1.82) is 0 Å². The highest BCUT2D eigenvalue weighted by molar-refractivity contribution is 5.51. The molecule has 7 heteroatoms. The minimum atomic E-state index is -2.30. The van der Waals surface area contributed by atoms with Crippen LogP contribution in [0.2, 0.25) is 0 Å². The summed E-state index contributed by atoms with van der Waals surface area (Å²) in [5.74, 6) is -10.9. The van der Waals surface area contributed by atoms with Crippen LogP contribution < -0.4 is 0 Å². The lowest BCUT2D eigenvalue weighted by atomic mass is 10.2. The lowest BCUT2D eigenvalue weighted by Gasteiger charge is -2.01. The molecule has 0 N–H and O–H groups in total. The van der Waals surface area contributed by atoms with Gasteiger partial charge in [-0.1, -0.05) is 0 Å². The molecule has 14 heavy (non-hydrogen) atoms. The van der Waals surface area contributed by atoms with Crippen LogP contribution in [0.25, 0.3) is 0 Å². The van der Waals surface area contributed by atoms with Gasteiger partial charge in [-0.2, -0.15) is 4.99 Å². The zero-order valence-corrected chi connectivity index (χ0v) is 6.25. The first kappa shape index (κ1) is 10.3. The molecule has 0 atom stereocenters. The van der Waals surface area contributed by atoms with Crippen LogP contribution in [0, 0.1) is 29.1 Å². The number of carbonyl (C=O) groups excluding carboxylic acids is 1. The number of aliphatic imine (C=N–C) groups is 1. The van der Waals surface area contributed by atoms with Crippen LogP contribution >= 0.6 is 0 Å². The summed E-state index contributed by atoms with van der Waals surface area (Å²) in [7, 11) is 0. The monoisotopic (exact) mass is 209 g/mol. The molecular weight excluding hydrogens is 209 g/mol. The summed E-state index contributed by atoms with van der Waals surface area (Å²) in [6.07, 6.45) is 0.679. The van der Waals surface area contributed by atoms with Gasteiger partial charge in [-0.3, -0.25) is 0 Å². The summed E-state index contributed by atoms with van der Waals surface area (Å²) >= 11 is 0. The fourth-order valence-electron chi connectivity index (χ4n) is 0.737. The van der Waals surface area contributed by atoms with Gasteiger partial charge in [0.15, 0.2) is 29.0 Å². The maximum atomic E-state index is 12.6. The van der Waals surface area contributed by atoms with Gasteiger partial charge in [0.1, 0.15) is 0 Å². The van der Waals surface area contributed by atoms with Crippen molar-refractivity contribution in [3.8, 4) is 0 Å². The largest absolute Gasteiger partial charge is 0.240 e. The van der Waals surface area contributed by atoms with Gasteiger partial charge in [-0.25, -0.2) is 26.7 Å². The van der Waals surface area contributed by atoms with Crippen molar-refractivity contribution in [2.45, 2.75) is 0 Å². The molecule has 0 heterocycles. The van der Waals surface area contributed by atoms with Gasteiger partial charge in [0.2, 0.25) is 11.9 Å². The van der Waals surface area contributed by atoms with Gasteiger partial charge in [0.25, 0.3) is 0 Å². The van der Waals surface area contributed by atoms with Crippen molar-refractivity contribution in [1.82, 2.24) is 0 Å². The van der Waals surface area contributed by atoms with Crippen LogP contribution in [0.4, 0.5) is 27.6 Å². The molecule has 0 aromatic heterocycles.